The van der Waals surface area contributed by atoms with Gasteiger partial charge in [0.1, 0.15) is 6.33 Å². The number of rotatable bonds is 6. The van der Waals surface area contributed by atoms with Gasteiger partial charge in [0.05, 0.1) is 23.5 Å². The zero-order valence-corrected chi connectivity index (χ0v) is 18.5. The lowest BCUT2D eigenvalue weighted by Crippen LogP contribution is -2.29. The van der Waals surface area contributed by atoms with Crippen LogP contribution >= 0.6 is 15.9 Å². The first-order valence-corrected chi connectivity index (χ1v) is 10.6. The van der Waals surface area contributed by atoms with Gasteiger partial charge in [-0.2, -0.15) is 0 Å². The molecule has 6 nitrogen and oxygen atoms in total. The zero-order valence-electron chi connectivity index (χ0n) is 16.9. The Morgan fingerprint density at radius 3 is 2.42 bits per heavy atom. The Kier molecular flexibility index (Phi) is 6.13. The Morgan fingerprint density at radius 1 is 1.00 bits per heavy atom. The number of amides is 2. The highest BCUT2D eigenvalue weighted by molar-refractivity contribution is 9.10. The summed E-state index contributed by atoms with van der Waals surface area (Å²) in [4.78, 5) is 28.7. The molecule has 0 radical (unpaired) electrons. The number of imidazole rings is 1. The van der Waals surface area contributed by atoms with E-state index in [4.69, 9.17) is 0 Å². The number of para-hydroxylation sites is 2. The zero-order chi connectivity index (χ0) is 21.8. The standard InChI is InChI=1S/C24H21BrN4O2/c1-16(30)27-22(17-6-8-18(25)9-7-17)14-24(31)28-19-10-12-20(13-11-19)29-15-26-21-4-2-3-5-23(21)29/h2-13,15,22H,14H2,1H3,(H,27,30)(H,28,31). The average Bonchev–Trinajstić information content (AvgIpc) is 3.18. The molecule has 0 bridgehead atoms. The third kappa shape index (κ3) is 5.00. The second-order valence-electron chi connectivity index (χ2n) is 7.21. The lowest BCUT2D eigenvalue weighted by Gasteiger charge is -2.18. The van der Waals surface area contributed by atoms with E-state index in [2.05, 4.69) is 31.5 Å². The summed E-state index contributed by atoms with van der Waals surface area (Å²) in [6.45, 7) is 1.45. The molecule has 1 aromatic heterocycles. The number of nitrogens with zero attached hydrogens (tertiary/aromatic N) is 2. The minimum Gasteiger partial charge on any atom is -0.349 e. The van der Waals surface area contributed by atoms with Gasteiger partial charge in [0.2, 0.25) is 11.8 Å². The second-order valence-corrected chi connectivity index (χ2v) is 8.12. The van der Waals surface area contributed by atoms with Gasteiger partial charge in [0.15, 0.2) is 0 Å². The Labute approximate surface area is 188 Å². The minimum atomic E-state index is -0.401. The van der Waals surface area contributed by atoms with Crippen LogP contribution < -0.4 is 10.6 Å². The minimum absolute atomic E-state index is 0.134. The maximum Gasteiger partial charge on any atom is 0.226 e. The van der Waals surface area contributed by atoms with Crippen molar-refractivity contribution in [1.29, 1.82) is 0 Å². The quantitative estimate of drug-likeness (QED) is 0.411. The number of carbonyl (C=O) groups excluding carboxylic acids is 2. The molecule has 0 aliphatic heterocycles. The average molecular weight is 477 g/mol. The Hall–Kier alpha value is -3.45. The monoisotopic (exact) mass is 476 g/mol. The third-order valence-corrected chi connectivity index (χ3v) is 5.45. The first-order valence-electron chi connectivity index (χ1n) is 9.84. The highest BCUT2D eigenvalue weighted by Gasteiger charge is 2.17. The van der Waals surface area contributed by atoms with E-state index in [0.29, 0.717) is 5.69 Å². The molecule has 4 aromatic rings. The van der Waals surface area contributed by atoms with Crippen molar-refractivity contribution in [3.63, 3.8) is 0 Å². The molecule has 31 heavy (non-hydrogen) atoms. The summed E-state index contributed by atoms with van der Waals surface area (Å²) < 4.78 is 2.94. The first kappa shape index (κ1) is 20.8. The van der Waals surface area contributed by atoms with Crippen LogP contribution in [0.4, 0.5) is 5.69 Å². The van der Waals surface area contributed by atoms with Crippen molar-refractivity contribution in [3.8, 4) is 5.69 Å². The molecule has 0 fully saturated rings. The van der Waals surface area contributed by atoms with E-state index in [1.807, 2.05) is 77.4 Å². The van der Waals surface area contributed by atoms with E-state index in [0.717, 1.165) is 26.8 Å². The number of hydrogen-bond donors (Lipinski definition) is 2. The van der Waals surface area contributed by atoms with Gasteiger partial charge in [-0.1, -0.05) is 40.2 Å². The molecule has 7 heteroatoms. The number of aromatic nitrogens is 2. The molecule has 1 heterocycles. The summed E-state index contributed by atoms with van der Waals surface area (Å²) in [5.41, 5.74) is 4.47. The van der Waals surface area contributed by atoms with Crippen LogP contribution in [0.1, 0.15) is 24.9 Å². The molecule has 2 amide bonds. The van der Waals surface area contributed by atoms with Gasteiger partial charge in [-0.25, -0.2) is 4.98 Å². The lowest BCUT2D eigenvalue weighted by molar-refractivity contribution is -0.120. The number of fused-ring (bicyclic) bond motifs is 1. The number of hydrogen-bond acceptors (Lipinski definition) is 3. The lowest BCUT2D eigenvalue weighted by atomic mass is 10.0. The van der Waals surface area contributed by atoms with Gasteiger partial charge in [0, 0.05) is 22.8 Å². The van der Waals surface area contributed by atoms with Crippen molar-refractivity contribution in [1.82, 2.24) is 14.9 Å². The maximum absolute atomic E-state index is 12.6. The smallest absolute Gasteiger partial charge is 0.226 e. The Balaban J connectivity index is 1.46. The predicted octanol–water partition coefficient (Wildman–Crippen LogP) is 4.99. The molecule has 0 aliphatic rings. The fourth-order valence-corrected chi connectivity index (χ4v) is 3.72. The van der Waals surface area contributed by atoms with Crippen molar-refractivity contribution >= 4 is 44.5 Å². The molecule has 4 rings (SSSR count). The summed E-state index contributed by atoms with van der Waals surface area (Å²) in [5.74, 6) is -0.361. The van der Waals surface area contributed by atoms with Crippen LogP contribution in [0.5, 0.6) is 0 Å². The van der Waals surface area contributed by atoms with Crippen LogP contribution in [0.25, 0.3) is 16.7 Å². The van der Waals surface area contributed by atoms with Gasteiger partial charge < -0.3 is 10.6 Å². The van der Waals surface area contributed by atoms with Crippen molar-refractivity contribution < 1.29 is 9.59 Å². The molecular weight excluding hydrogens is 456 g/mol. The molecule has 0 spiro atoms. The van der Waals surface area contributed by atoms with Crippen LogP contribution in [-0.2, 0) is 9.59 Å². The normalized spacial score (nSPS) is 11.8. The van der Waals surface area contributed by atoms with Crippen LogP contribution in [0.15, 0.2) is 83.6 Å². The number of nitrogens with one attached hydrogen (secondary N) is 2. The van der Waals surface area contributed by atoms with Crippen LogP contribution in [-0.4, -0.2) is 21.4 Å². The number of carbonyl (C=O) groups is 2. The molecule has 156 valence electrons. The van der Waals surface area contributed by atoms with Crippen molar-refractivity contribution in [3.05, 3.63) is 89.2 Å². The Bertz CT molecular complexity index is 1220. The SMILES string of the molecule is CC(=O)NC(CC(=O)Nc1ccc(-n2cnc3ccccc32)cc1)c1ccc(Br)cc1. The molecule has 2 N–H and O–H groups in total. The van der Waals surface area contributed by atoms with E-state index in [-0.39, 0.29) is 18.2 Å². The van der Waals surface area contributed by atoms with E-state index >= 15 is 0 Å². The fourth-order valence-electron chi connectivity index (χ4n) is 3.46. The summed E-state index contributed by atoms with van der Waals surface area (Å²) >= 11 is 3.40. The van der Waals surface area contributed by atoms with E-state index in [9.17, 15) is 9.59 Å². The highest BCUT2D eigenvalue weighted by atomic mass is 79.9. The van der Waals surface area contributed by atoms with Gasteiger partial charge in [0.25, 0.3) is 0 Å². The molecule has 0 saturated heterocycles. The van der Waals surface area contributed by atoms with Gasteiger partial charge in [-0.05, 0) is 54.1 Å². The molecule has 0 aliphatic carbocycles. The van der Waals surface area contributed by atoms with Crippen molar-refractivity contribution in [2.24, 2.45) is 0 Å². The number of anilines is 1. The Morgan fingerprint density at radius 2 is 1.71 bits per heavy atom. The molecule has 1 unspecified atom stereocenters. The van der Waals surface area contributed by atoms with Crippen LogP contribution in [0, 0.1) is 0 Å². The summed E-state index contributed by atoms with van der Waals surface area (Å²) in [6, 6.07) is 22.7. The van der Waals surface area contributed by atoms with Crippen LogP contribution in [0.2, 0.25) is 0 Å². The molecule has 3 aromatic carbocycles. The predicted molar refractivity (Wildman–Crippen MR) is 125 cm³/mol. The van der Waals surface area contributed by atoms with Gasteiger partial charge >= 0.3 is 0 Å². The van der Waals surface area contributed by atoms with E-state index in [1.54, 1.807) is 6.33 Å². The summed E-state index contributed by atoms with van der Waals surface area (Å²) in [6.07, 6.45) is 1.92. The van der Waals surface area contributed by atoms with E-state index < -0.39 is 6.04 Å². The molecular formula is C24H21BrN4O2. The van der Waals surface area contributed by atoms with Gasteiger partial charge in [-0.3, -0.25) is 14.2 Å². The fraction of sp³-hybridized carbons (Fsp3) is 0.125. The van der Waals surface area contributed by atoms with E-state index in [1.165, 1.54) is 6.92 Å². The summed E-state index contributed by atoms with van der Waals surface area (Å²) in [7, 11) is 0. The van der Waals surface area contributed by atoms with Crippen molar-refractivity contribution in [2.45, 2.75) is 19.4 Å². The van der Waals surface area contributed by atoms with Crippen LogP contribution in [0.3, 0.4) is 0 Å². The maximum atomic E-state index is 12.6. The largest absolute Gasteiger partial charge is 0.349 e. The third-order valence-electron chi connectivity index (χ3n) is 4.92. The summed E-state index contributed by atoms with van der Waals surface area (Å²) in [5, 5.41) is 5.76. The molecule has 1 atom stereocenters. The van der Waals surface area contributed by atoms with Crippen molar-refractivity contribution in [2.75, 3.05) is 5.32 Å². The molecule has 0 saturated carbocycles. The highest BCUT2D eigenvalue weighted by Crippen LogP contribution is 2.22. The first-order chi connectivity index (χ1) is 15.0. The second kappa shape index (κ2) is 9.14. The number of halogens is 1. The number of benzene rings is 3. The van der Waals surface area contributed by atoms with Gasteiger partial charge in [-0.15, -0.1) is 0 Å². The topological polar surface area (TPSA) is 76.0 Å².